The molecule has 0 aromatic heterocycles. The summed E-state index contributed by atoms with van der Waals surface area (Å²) in [4.78, 5) is 24.6. The molecule has 67 heavy (non-hydrogen) atoms. The molecule has 0 amide bonds. The molecule has 1 N–H and O–H groups in total. The third kappa shape index (κ3) is 10.9. The van der Waals surface area contributed by atoms with Crippen LogP contribution in [0.1, 0.15) is 26.3 Å². The Kier molecular flexibility index (Phi) is 15.3. The van der Waals surface area contributed by atoms with E-state index >= 15 is 0 Å². The number of ether oxygens (including phenoxy) is 5. The van der Waals surface area contributed by atoms with Crippen molar-refractivity contribution < 1.29 is 161 Å². The lowest BCUT2D eigenvalue weighted by Crippen LogP contribution is -2.67. The third-order valence-corrected chi connectivity index (χ3v) is 7.57. The first kappa shape index (κ1) is 58.3. The van der Waals surface area contributed by atoms with Crippen molar-refractivity contribution in [2.45, 2.75) is 84.7 Å². The maximum Gasteiger partial charge on any atom is 0.462 e. The number of esters is 1. The lowest BCUT2D eigenvalue weighted by atomic mass is 10.0. The van der Waals surface area contributed by atoms with Crippen molar-refractivity contribution in [3.63, 3.8) is 0 Å². The van der Waals surface area contributed by atoms with Crippen LogP contribution in [0.2, 0.25) is 0 Å². The highest BCUT2D eigenvalue weighted by molar-refractivity contribution is 6.09. The van der Waals surface area contributed by atoms with Gasteiger partial charge in [0.15, 0.2) is 12.4 Å². The molecular weight excluding hydrogens is 1040 g/mol. The van der Waals surface area contributed by atoms with Crippen molar-refractivity contribution in [1.29, 1.82) is 0 Å². The molecule has 0 radical (unpaired) electrons. The summed E-state index contributed by atoms with van der Waals surface area (Å²) in [7, 11) is 1.51. The number of hydrogen-bond donors (Lipinski definition) is 1. The van der Waals surface area contributed by atoms with E-state index in [1.807, 2.05) is 0 Å². The second kappa shape index (κ2) is 17.6. The number of carbonyl (C=O) groups excluding carboxylic acids is 2. The Morgan fingerprint density at radius 2 is 0.642 bits per heavy atom. The quantitative estimate of drug-likeness (QED) is 0.0708. The van der Waals surface area contributed by atoms with Crippen molar-refractivity contribution in [3.8, 4) is 0 Å². The van der Waals surface area contributed by atoms with Crippen LogP contribution in [-0.4, -0.2) is 110 Å². The van der Waals surface area contributed by atoms with Crippen molar-refractivity contribution in [1.82, 2.24) is 0 Å². The van der Waals surface area contributed by atoms with Crippen LogP contribution >= 0.6 is 0 Å². The third-order valence-electron chi connectivity index (χ3n) is 7.57. The summed E-state index contributed by atoms with van der Waals surface area (Å²) in [6.07, 6.45) is -75.4. The molecule has 384 valence electrons. The molecule has 0 aliphatic rings. The van der Waals surface area contributed by atoms with Gasteiger partial charge in [-0.1, -0.05) is 12.1 Å². The molecule has 0 bridgehead atoms. The van der Waals surface area contributed by atoms with Crippen LogP contribution in [0, 0.1) is 0 Å². The fourth-order valence-corrected chi connectivity index (χ4v) is 3.88. The number of alkyl halides is 29. The summed E-state index contributed by atoms with van der Waals surface area (Å²) >= 11 is 0. The van der Waals surface area contributed by atoms with Gasteiger partial charge in [0.2, 0.25) is 0 Å². The van der Waals surface area contributed by atoms with E-state index in [4.69, 9.17) is 0 Å². The molecule has 0 saturated carbocycles. The van der Waals surface area contributed by atoms with E-state index in [1.54, 1.807) is 4.74 Å². The molecule has 0 fully saturated rings. The summed E-state index contributed by atoms with van der Waals surface area (Å²) in [6.45, 7) is -3.31. The van der Waals surface area contributed by atoms with Gasteiger partial charge in [-0.15, -0.1) is 0 Å². The van der Waals surface area contributed by atoms with Gasteiger partial charge in [0, 0.05) is 23.9 Å². The Morgan fingerprint density at radius 1 is 0.388 bits per heavy atom. The molecule has 0 atom stereocenters. The van der Waals surface area contributed by atoms with Crippen LogP contribution in [0.3, 0.4) is 0 Å². The highest BCUT2D eigenvalue weighted by Crippen LogP contribution is 2.59. The predicted octanol–water partition coefficient (Wildman–Crippen LogP) is 11.7. The normalized spacial score (nSPS) is 15.1. The van der Waals surface area contributed by atoms with E-state index in [1.165, 1.54) is 31.3 Å². The number of benzene rings is 2. The number of rotatable bonds is 22. The predicted molar refractivity (Wildman–Crippen MR) is 151 cm³/mol. The molecule has 0 aliphatic carbocycles. The molecule has 0 aliphatic heterocycles. The van der Waals surface area contributed by atoms with Crippen LogP contribution < -0.4 is 5.32 Å². The van der Waals surface area contributed by atoms with Gasteiger partial charge in [-0.25, -0.2) is 23.7 Å². The van der Waals surface area contributed by atoms with Crippen LogP contribution in [-0.2, 0) is 23.7 Å². The van der Waals surface area contributed by atoms with Gasteiger partial charge >= 0.3 is 90.6 Å². The Bertz CT molecular complexity index is 2070. The van der Waals surface area contributed by atoms with E-state index in [0.717, 1.165) is 26.3 Å². The topological polar surface area (TPSA) is 92.3 Å². The van der Waals surface area contributed by atoms with Gasteiger partial charge in [0.1, 0.15) is 0 Å². The summed E-state index contributed by atoms with van der Waals surface area (Å²) < 4.78 is 400. The van der Waals surface area contributed by atoms with Gasteiger partial charge in [0.05, 0.1) is 5.56 Å². The first-order chi connectivity index (χ1) is 29.4. The maximum atomic E-state index is 14.1. The summed E-state index contributed by atoms with van der Waals surface area (Å²) in [5, 5.41) is 2.70. The standard InChI is InChI=1S/C30H14F29NO7/c1-60-14-8-6-12(7-9-14)15(61)11-2-4-13(5-3-11)16(62)63-10-17(31,32)23(44,45)64-25(48,49)19(35,36)27(52,53)66-29(56,57)21(39,40)30(58,59)67-28(54,55)20(37,38)26(50,51)65-24(46,47)18(33,34)22(41,42)43/h2-9,60H,10H2,1H3. The molecule has 2 aromatic rings. The zero-order valence-electron chi connectivity index (χ0n) is 30.6. The zero-order valence-corrected chi connectivity index (χ0v) is 30.6. The van der Waals surface area contributed by atoms with Crippen molar-refractivity contribution >= 4 is 17.4 Å². The Labute approximate surface area is 347 Å². The van der Waals surface area contributed by atoms with Crippen LogP contribution in [0.25, 0.3) is 0 Å². The molecule has 2 rings (SSSR count). The summed E-state index contributed by atoms with van der Waals surface area (Å²) in [5.74, 6) is -44.2. The van der Waals surface area contributed by atoms with E-state index in [-0.39, 0.29) is 11.1 Å². The SMILES string of the molecule is CNc1ccc(C(=O)c2ccc(C(=O)OCC(F)(F)C(F)(F)OC(F)(F)C(F)(F)C(F)(F)OC(F)(F)C(F)(F)C(F)(F)OC(F)(F)C(F)(F)C(F)(F)OC(F)(F)C(F)(F)C(F)(F)F)cc2)cc1. The molecule has 8 nitrogen and oxygen atoms in total. The van der Waals surface area contributed by atoms with Gasteiger partial charge < -0.3 is 10.1 Å². The second-order valence-corrected chi connectivity index (χ2v) is 12.4. The number of halogens is 29. The lowest BCUT2D eigenvalue weighted by molar-refractivity contribution is -0.567. The van der Waals surface area contributed by atoms with E-state index in [0.29, 0.717) is 17.8 Å². The van der Waals surface area contributed by atoms with Gasteiger partial charge in [-0.05, 0) is 36.4 Å². The number of anilines is 1. The highest BCUT2D eigenvalue weighted by Gasteiger charge is 2.87. The first-order valence-electron chi connectivity index (χ1n) is 15.8. The fourth-order valence-electron chi connectivity index (χ4n) is 3.88. The second-order valence-electron chi connectivity index (χ2n) is 12.4. The number of carbonyl (C=O) groups is 2. The monoisotopic (exact) mass is 1050 g/mol. The number of hydrogen-bond acceptors (Lipinski definition) is 8. The zero-order chi connectivity index (χ0) is 53.1. The smallest absolute Gasteiger partial charge is 0.455 e. The Morgan fingerprint density at radius 3 is 0.925 bits per heavy atom. The number of ketones is 1. The van der Waals surface area contributed by atoms with Crippen LogP contribution in [0.15, 0.2) is 48.5 Å². The largest absolute Gasteiger partial charge is 0.462 e. The average Bonchev–Trinajstić information content (AvgIpc) is 3.14. The van der Waals surface area contributed by atoms with E-state index < -0.39 is 109 Å². The van der Waals surface area contributed by atoms with E-state index in [9.17, 15) is 137 Å². The molecule has 0 spiro atoms. The Balaban J connectivity index is 2.30. The minimum atomic E-state index is -8.98. The molecule has 0 heterocycles. The van der Waals surface area contributed by atoms with Crippen molar-refractivity contribution in [2.24, 2.45) is 0 Å². The average molecular weight is 1050 g/mol. The maximum absolute atomic E-state index is 14.1. The van der Waals surface area contributed by atoms with Crippen LogP contribution in [0.4, 0.5) is 133 Å². The molecular formula is C30H14F29NO7. The van der Waals surface area contributed by atoms with Gasteiger partial charge in [-0.3, -0.25) is 4.79 Å². The lowest BCUT2D eigenvalue weighted by Gasteiger charge is -2.39. The van der Waals surface area contributed by atoms with Gasteiger partial charge in [0.25, 0.3) is 0 Å². The summed E-state index contributed by atoms with van der Waals surface area (Å²) in [5.41, 5.74) is -0.683. The fraction of sp³-hybridized carbons (Fsp3) is 0.533. The molecule has 0 saturated heterocycles. The van der Waals surface area contributed by atoms with Crippen molar-refractivity contribution in [2.75, 3.05) is 19.0 Å². The Hall–Kier alpha value is -4.81. The van der Waals surface area contributed by atoms with Crippen molar-refractivity contribution in [3.05, 3.63) is 65.2 Å². The van der Waals surface area contributed by atoms with Crippen LogP contribution in [0.5, 0.6) is 0 Å². The minimum absolute atomic E-state index is 0.00586. The number of nitrogens with one attached hydrogen (secondary N) is 1. The summed E-state index contributed by atoms with van der Waals surface area (Å²) in [6, 6.07) is 8.08. The highest BCUT2D eigenvalue weighted by atomic mass is 19.4. The molecule has 37 heteroatoms. The van der Waals surface area contributed by atoms with Gasteiger partial charge in [-0.2, -0.15) is 127 Å². The first-order valence-corrected chi connectivity index (χ1v) is 15.8. The molecule has 0 unspecified atom stereocenters. The van der Waals surface area contributed by atoms with E-state index in [2.05, 4.69) is 10.1 Å². The molecule has 2 aromatic carbocycles. The minimum Gasteiger partial charge on any atom is -0.455 e.